The number of carbonyl (C=O) groups is 1. The van der Waals surface area contributed by atoms with Crippen LogP contribution in [-0.4, -0.2) is 16.8 Å². The summed E-state index contributed by atoms with van der Waals surface area (Å²) in [6.07, 6.45) is 12.8. The van der Waals surface area contributed by atoms with E-state index in [1.807, 2.05) is 12.1 Å². The third-order valence-electron chi connectivity index (χ3n) is 11.4. The molecule has 1 aromatic carbocycles. The molecule has 0 spiro atoms. The van der Waals surface area contributed by atoms with Crippen LogP contribution in [0.15, 0.2) is 18.2 Å². The van der Waals surface area contributed by atoms with Crippen LogP contribution < -0.4 is 0 Å². The first kappa shape index (κ1) is 21.7. The van der Waals surface area contributed by atoms with Gasteiger partial charge in [-0.25, -0.2) is 0 Å². The van der Waals surface area contributed by atoms with E-state index in [-0.39, 0.29) is 11.9 Å². The zero-order valence-corrected chi connectivity index (χ0v) is 20.7. The summed E-state index contributed by atoms with van der Waals surface area (Å²) in [6, 6.07) is 8.09. The lowest BCUT2D eigenvalue weighted by Crippen LogP contribution is -2.51. The summed E-state index contributed by atoms with van der Waals surface area (Å²) in [4.78, 5) is 15.4. The standard InChI is InChI=1S/C30H40N2O/c1-18-4-7-23-21(14-18)6-9-26-25(23)12-13-30(3)27(10-11-28(26)30)19(2)32-17-22-15-20(16-31)5-8-24(22)29(32)33/h5,8,15,18-19,21,23,25-28H,4,6-7,9-14,17H2,1-3H3/t18-,19+,21+,23-,25?,26+,27?,28?,30+/m0/s1. The lowest BCUT2D eigenvalue weighted by molar-refractivity contribution is -0.0747. The van der Waals surface area contributed by atoms with E-state index in [4.69, 9.17) is 0 Å². The van der Waals surface area contributed by atoms with Gasteiger partial charge in [-0.1, -0.05) is 20.3 Å². The monoisotopic (exact) mass is 444 g/mol. The molecule has 6 rings (SSSR count). The van der Waals surface area contributed by atoms with Crippen molar-refractivity contribution in [2.75, 3.05) is 0 Å². The predicted octanol–water partition coefficient (Wildman–Crippen LogP) is 6.81. The third-order valence-corrected chi connectivity index (χ3v) is 11.4. The molecule has 33 heavy (non-hydrogen) atoms. The minimum absolute atomic E-state index is 0.180. The van der Waals surface area contributed by atoms with Gasteiger partial charge in [0.1, 0.15) is 0 Å². The summed E-state index contributed by atoms with van der Waals surface area (Å²) in [6.45, 7) is 8.07. The number of nitrogens with zero attached hydrogens (tertiary/aromatic N) is 2. The summed E-state index contributed by atoms with van der Waals surface area (Å²) < 4.78 is 0. The summed E-state index contributed by atoms with van der Waals surface area (Å²) in [5, 5.41) is 9.28. The molecule has 1 aromatic rings. The SMILES string of the molecule is C[C@H]1CC[C@@H]2C3CC[C@@]4(C)C(CCC4[C@@H](C)N4Cc5cc(C#N)ccc5C4=O)[C@@H]3CC[C@@H]2C1. The molecule has 5 aliphatic rings. The van der Waals surface area contributed by atoms with Crippen LogP contribution in [0.4, 0.5) is 0 Å². The normalized spacial score (nSPS) is 42.7. The predicted molar refractivity (Wildman–Crippen MR) is 130 cm³/mol. The second-order valence-electron chi connectivity index (χ2n) is 12.7. The van der Waals surface area contributed by atoms with Gasteiger partial charge in [0.15, 0.2) is 0 Å². The Labute approximate surface area is 199 Å². The van der Waals surface area contributed by atoms with Gasteiger partial charge in [0.25, 0.3) is 5.91 Å². The van der Waals surface area contributed by atoms with Crippen LogP contribution in [0.25, 0.3) is 0 Å². The van der Waals surface area contributed by atoms with Crippen molar-refractivity contribution in [2.24, 2.45) is 46.8 Å². The average molecular weight is 445 g/mol. The molecule has 176 valence electrons. The minimum atomic E-state index is 0.180. The van der Waals surface area contributed by atoms with E-state index in [9.17, 15) is 10.1 Å². The van der Waals surface area contributed by atoms with E-state index < -0.39 is 0 Å². The highest BCUT2D eigenvalue weighted by atomic mass is 16.2. The molecular weight excluding hydrogens is 404 g/mol. The Morgan fingerprint density at radius 2 is 1.88 bits per heavy atom. The average Bonchev–Trinajstić information content (AvgIpc) is 3.34. The van der Waals surface area contributed by atoms with Crippen LogP contribution in [0, 0.1) is 58.2 Å². The summed E-state index contributed by atoms with van der Waals surface area (Å²) >= 11 is 0. The van der Waals surface area contributed by atoms with Crippen LogP contribution in [0.2, 0.25) is 0 Å². The molecule has 1 heterocycles. The molecule has 0 N–H and O–H groups in total. The number of nitriles is 1. The number of hydrogen-bond donors (Lipinski definition) is 0. The van der Waals surface area contributed by atoms with Crippen molar-refractivity contribution in [1.82, 2.24) is 4.90 Å². The quantitative estimate of drug-likeness (QED) is 0.503. The summed E-state index contributed by atoms with van der Waals surface area (Å²) in [5.74, 6) is 6.50. The van der Waals surface area contributed by atoms with Gasteiger partial charge in [0.05, 0.1) is 11.6 Å². The second-order valence-corrected chi connectivity index (χ2v) is 12.7. The van der Waals surface area contributed by atoms with Gasteiger partial charge < -0.3 is 4.90 Å². The molecule has 1 aliphatic heterocycles. The molecule has 4 saturated carbocycles. The van der Waals surface area contributed by atoms with Crippen molar-refractivity contribution in [3.05, 3.63) is 34.9 Å². The maximum Gasteiger partial charge on any atom is 0.254 e. The number of amides is 1. The van der Waals surface area contributed by atoms with Crippen molar-refractivity contribution in [3.8, 4) is 6.07 Å². The highest BCUT2D eigenvalue weighted by Gasteiger charge is 2.58. The van der Waals surface area contributed by atoms with E-state index in [1.165, 1.54) is 57.8 Å². The van der Waals surface area contributed by atoms with Crippen molar-refractivity contribution >= 4 is 5.91 Å². The fourth-order valence-corrected chi connectivity index (χ4v) is 9.88. The van der Waals surface area contributed by atoms with E-state index in [1.54, 1.807) is 6.07 Å². The first-order chi connectivity index (χ1) is 15.9. The van der Waals surface area contributed by atoms with Crippen molar-refractivity contribution in [1.29, 1.82) is 5.26 Å². The number of carbonyl (C=O) groups excluding carboxylic acids is 1. The summed E-state index contributed by atoms with van der Waals surface area (Å²) in [5.41, 5.74) is 2.89. The van der Waals surface area contributed by atoms with Gasteiger partial charge >= 0.3 is 0 Å². The third kappa shape index (κ3) is 3.23. The Balaban J connectivity index is 1.21. The molecule has 0 bridgehead atoms. The molecule has 3 unspecified atom stereocenters. The Kier molecular flexibility index (Phi) is 5.17. The zero-order chi connectivity index (χ0) is 22.9. The number of rotatable bonds is 2. The fraction of sp³-hybridized carbons (Fsp3) is 0.733. The zero-order valence-electron chi connectivity index (χ0n) is 20.7. The van der Waals surface area contributed by atoms with Gasteiger partial charge in [0, 0.05) is 18.2 Å². The molecule has 3 nitrogen and oxygen atoms in total. The number of hydrogen-bond acceptors (Lipinski definition) is 2. The molecule has 0 radical (unpaired) electrons. The van der Waals surface area contributed by atoms with E-state index in [2.05, 4.69) is 31.7 Å². The van der Waals surface area contributed by atoms with Gasteiger partial charge in [-0.05, 0) is 129 Å². The maximum atomic E-state index is 13.3. The topological polar surface area (TPSA) is 44.1 Å². The molecule has 1 amide bonds. The van der Waals surface area contributed by atoms with Crippen LogP contribution in [0.1, 0.15) is 100 Å². The largest absolute Gasteiger partial charge is 0.331 e. The Morgan fingerprint density at radius 3 is 2.70 bits per heavy atom. The Bertz CT molecular complexity index is 994. The molecule has 3 heteroatoms. The smallest absolute Gasteiger partial charge is 0.254 e. The van der Waals surface area contributed by atoms with Crippen molar-refractivity contribution < 1.29 is 4.79 Å². The van der Waals surface area contributed by atoms with Crippen LogP contribution >= 0.6 is 0 Å². The lowest BCUT2D eigenvalue weighted by Gasteiger charge is -2.57. The van der Waals surface area contributed by atoms with Crippen molar-refractivity contribution in [2.45, 2.75) is 91.1 Å². The van der Waals surface area contributed by atoms with Crippen LogP contribution in [-0.2, 0) is 6.54 Å². The molecule has 9 atom stereocenters. The molecular formula is C30H40N2O. The van der Waals surface area contributed by atoms with Gasteiger partial charge in [-0.2, -0.15) is 5.26 Å². The van der Waals surface area contributed by atoms with Gasteiger partial charge in [0.2, 0.25) is 0 Å². The molecule has 4 fully saturated rings. The molecule has 0 saturated heterocycles. The maximum absolute atomic E-state index is 13.3. The lowest BCUT2D eigenvalue weighted by atomic mass is 9.49. The van der Waals surface area contributed by atoms with Gasteiger partial charge in [-0.15, -0.1) is 0 Å². The second kappa shape index (κ2) is 7.86. The van der Waals surface area contributed by atoms with Crippen LogP contribution in [0.5, 0.6) is 0 Å². The van der Waals surface area contributed by atoms with E-state index >= 15 is 0 Å². The first-order valence-electron chi connectivity index (χ1n) is 13.7. The van der Waals surface area contributed by atoms with E-state index in [0.717, 1.165) is 46.6 Å². The Hall–Kier alpha value is -1.82. The van der Waals surface area contributed by atoms with Crippen molar-refractivity contribution in [3.63, 3.8) is 0 Å². The highest BCUT2D eigenvalue weighted by Crippen LogP contribution is 2.65. The van der Waals surface area contributed by atoms with E-state index in [0.29, 0.717) is 23.4 Å². The molecule has 0 aromatic heterocycles. The highest BCUT2D eigenvalue weighted by molar-refractivity contribution is 5.98. The molecule has 4 aliphatic carbocycles. The summed E-state index contributed by atoms with van der Waals surface area (Å²) in [7, 11) is 0. The minimum Gasteiger partial charge on any atom is -0.331 e. The van der Waals surface area contributed by atoms with Gasteiger partial charge in [-0.3, -0.25) is 4.79 Å². The number of fused-ring (bicyclic) bond motifs is 6. The number of benzene rings is 1. The fourth-order valence-electron chi connectivity index (χ4n) is 9.88. The Morgan fingerprint density at radius 1 is 1.06 bits per heavy atom. The van der Waals surface area contributed by atoms with Crippen LogP contribution in [0.3, 0.4) is 0 Å². The first-order valence-corrected chi connectivity index (χ1v) is 13.7.